The van der Waals surface area contributed by atoms with E-state index in [0.717, 1.165) is 12.8 Å². The zero-order valence-electron chi connectivity index (χ0n) is 57.2. The molecule has 2 atom stereocenters. The molecular formula is C81H104BN3. The molecule has 0 aromatic heterocycles. The molecule has 8 aliphatic rings. The molecule has 1 saturated carbocycles. The SMILES string of the molecule is Cc1cc2c(cc1N1c3cc4c(cc3B3c5cc6c(cc5N(c5cc7c(cc5C)C(C)(C)CC7(C)C)c5cc(N7c8ccc(C(C)(C)C)cc8C8(C)CCCCC78C)cc1c53)C(C)(C)CCC6(C)C)C(C)(C)CCC4(C)C)C(C)(C)CCC2(C)C. The molecule has 446 valence electrons. The van der Waals surface area contributed by atoms with E-state index in [1.54, 1.807) is 16.7 Å². The summed E-state index contributed by atoms with van der Waals surface area (Å²) in [5, 5.41) is 0. The highest BCUT2D eigenvalue weighted by molar-refractivity contribution is 7.00. The van der Waals surface area contributed by atoms with Gasteiger partial charge in [-0.1, -0.05) is 188 Å². The molecule has 2 unspecified atom stereocenters. The van der Waals surface area contributed by atoms with Crippen molar-refractivity contribution in [3.05, 3.63) is 146 Å². The minimum absolute atomic E-state index is 0.00276. The van der Waals surface area contributed by atoms with E-state index in [1.165, 1.54) is 170 Å². The molecule has 3 heterocycles. The van der Waals surface area contributed by atoms with Gasteiger partial charge in [-0.05, 0) is 253 Å². The second-order valence-electron chi connectivity index (χ2n) is 36.2. The van der Waals surface area contributed by atoms with Crippen molar-refractivity contribution in [3.8, 4) is 0 Å². The lowest BCUT2D eigenvalue weighted by Gasteiger charge is -2.52. The minimum Gasteiger partial charge on any atom is -0.334 e. The Morgan fingerprint density at radius 2 is 0.718 bits per heavy atom. The fourth-order valence-electron chi connectivity index (χ4n) is 19.7. The van der Waals surface area contributed by atoms with Crippen LogP contribution >= 0.6 is 0 Å². The lowest BCUT2D eigenvalue weighted by molar-refractivity contribution is 0.195. The number of hydrogen-bond donors (Lipinski definition) is 0. The summed E-state index contributed by atoms with van der Waals surface area (Å²) >= 11 is 0. The first-order valence-electron chi connectivity index (χ1n) is 33.7. The largest absolute Gasteiger partial charge is 0.334 e. The zero-order valence-corrected chi connectivity index (χ0v) is 57.2. The van der Waals surface area contributed by atoms with Crippen LogP contribution < -0.4 is 31.1 Å². The Morgan fingerprint density at radius 3 is 1.14 bits per heavy atom. The maximum absolute atomic E-state index is 2.92. The summed E-state index contributed by atoms with van der Waals surface area (Å²) in [4.78, 5) is 8.66. The second-order valence-corrected chi connectivity index (χ2v) is 36.2. The number of hydrogen-bond acceptors (Lipinski definition) is 3. The number of nitrogens with zero attached hydrogens (tertiary/aromatic N) is 3. The third kappa shape index (κ3) is 7.88. The number of benzene rings is 6. The van der Waals surface area contributed by atoms with Crippen LogP contribution in [0.2, 0.25) is 0 Å². The molecule has 0 amide bonds. The van der Waals surface area contributed by atoms with Gasteiger partial charge in [0.15, 0.2) is 0 Å². The quantitative estimate of drug-likeness (QED) is 0.163. The molecule has 14 rings (SSSR count). The Morgan fingerprint density at radius 1 is 0.353 bits per heavy atom. The van der Waals surface area contributed by atoms with Gasteiger partial charge >= 0.3 is 0 Å². The summed E-state index contributed by atoms with van der Waals surface area (Å²) in [5.41, 5.74) is 33.4. The topological polar surface area (TPSA) is 9.72 Å². The number of fused-ring (bicyclic) bond motifs is 11. The molecule has 0 radical (unpaired) electrons. The summed E-state index contributed by atoms with van der Waals surface area (Å²) in [6.45, 7) is 57.9. The van der Waals surface area contributed by atoms with Gasteiger partial charge in [0, 0.05) is 50.9 Å². The predicted octanol–water partition coefficient (Wildman–Crippen LogP) is 20.4. The van der Waals surface area contributed by atoms with Crippen LogP contribution in [0.1, 0.15) is 283 Å². The van der Waals surface area contributed by atoms with E-state index in [9.17, 15) is 0 Å². The third-order valence-electron chi connectivity index (χ3n) is 25.6. The second kappa shape index (κ2) is 17.3. The fraction of sp³-hybridized carbons (Fsp3) is 0.556. The fourth-order valence-corrected chi connectivity index (χ4v) is 19.7. The lowest BCUT2D eigenvalue weighted by atomic mass is 9.32. The van der Waals surface area contributed by atoms with Crippen LogP contribution in [0, 0.1) is 13.8 Å². The predicted molar refractivity (Wildman–Crippen MR) is 368 cm³/mol. The molecule has 0 N–H and O–H groups in total. The normalized spacial score (nSPS) is 25.8. The van der Waals surface area contributed by atoms with E-state index < -0.39 is 0 Å². The summed E-state index contributed by atoms with van der Waals surface area (Å²) in [5.74, 6) is 0. The molecule has 6 aromatic rings. The molecule has 3 aliphatic heterocycles. The number of rotatable bonds is 3. The average Bonchev–Trinajstić information content (AvgIpc) is 1.59. The standard InChI is InChI=1S/C81H104BN3/c1-48-36-52-56(75(12,13)33-30-72(52,6)7)43-64(48)83-66-45-57-54(73(8,9)31-34-76(57,14)15)41-61(66)82-62-42-55-58(77(16,17)35-32-74(55,10)11)46-67(62)84(65-44-59-53(37-49(65)2)78(18,19)47-79(59,20)21)69-40-51(39-68(83)70(69)82)85-63-27-26-50(71(3,4)5)38-60(63)80(22)28-24-25-29-81(80,85)23/h26-27,36-46H,24-25,28-35,47H2,1-23H3. The summed E-state index contributed by atoms with van der Waals surface area (Å²) < 4.78 is 0. The van der Waals surface area contributed by atoms with Crippen molar-refractivity contribution in [2.45, 2.75) is 290 Å². The molecular weight excluding hydrogens is 1030 g/mol. The molecule has 6 aromatic carbocycles. The number of anilines is 8. The van der Waals surface area contributed by atoms with Crippen molar-refractivity contribution in [3.63, 3.8) is 0 Å². The average molecular weight is 1130 g/mol. The zero-order chi connectivity index (χ0) is 61.1. The van der Waals surface area contributed by atoms with Crippen molar-refractivity contribution in [1.82, 2.24) is 0 Å². The van der Waals surface area contributed by atoms with Crippen LogP contribution in [-0.4, -0.2) is 12.3 Å². The minimum atomic E-state index is -0.154. The third-order valence-corrected chi connectivity index (χ3v) is 25.6. The van der Waals surface area contributed by atoms with Gasteiger partial charge in [0.05, 0.1) is 5.54 Å². The maximum Gasteiger partial charge on any atom is 0.252 e. The van der Waals surface area contributed by atoms with Crippen LogP contribution in [0.25, 0.3) is 0 Å². The first kappa shape index (κ1) is 57.5. The monoisotopic (exact) mass is 1130 g/mol. The van der Waals surface area contributed by atoms with Crippen molar-refractivity contribution in [1.29, 1.82) is 0 Å². The molecule has 0 spiro atoms. The van der Waals surface area contributed by atoms with Crippen LogP contribution in [0.3, 0.4) is 0 Å². The molecule has 5 aliphatic carbocycles. The molecule has 4 heteroatoms. The van der Waals surface area contributed by atoms with E-state index in [1.807, 2.05) is 0 Å². The van der Waals surface area contributed by atoms with E-state index in [2.05, 4.69) is 253 Å². The summed E-state index contributed by atoms with van der Waals surface area (Å²) in [6.07, 6.45) is 13.0. The lowest BCUT2D eigenvalue weighted by Crippen LogP contribution is -2.62. The van der Waals surface area contributed by atoms with Gasteiger partial charge in [-0.3, -0.25) is 0 Å². The Labute approximate surface area is 515 Å². The van der Waals surface area contributed by atoms with Crippen LogP contribution in [-0.2, 0) is 54.1 Å². The van der Waals surface area contributed by atoms with Crippen LogP contribution in [0.4, 0.5) is 45.5 Å². The Balaban J connectivity index is 1.18. The van der Waals surface area contributed by atoms with Crippen molar-refractivity contribution >= 4 is 68.6 Å². The first-order valence-corrected chi connectivity index (χ1v) is 33.7. The van der Waals surface area contributed by atoms with Crippen molar-refractivity contribution < 1.29 is 0 Å². The van der Waals surface area contributed by atoms with Gasteiger partial charge in [0.2, 0.25) is 0 Å². The van der Waals surface area contributed by atoms with E-state index in [0.29, 0.717) is 0 Å². The molecule has 0 bridgehead atoms. The summed E-state index contributed by atoms with van der Waals surface area (Å²) in [6, 6.07) is 35.0. The molecule has 1 fully saturated rings. The molecule has 3 nitrogen and oxygen atoms in total. The first-order chi connectivity index (χ1) is 39.2. The molecule has 85 heavy (non-hydrogen) atoms. The van der Waals surface area contributed by atoms with Crippen LogP contribution in [0.15, 0.2) is 78.9 Å². The van der Waals surface area contributed by atoms with Crippen molar-refractivity contribution in [2.24, 2.45) is 0 Å². The smallest absolute Gasteiger partial charge is 0.252 e. The Bertz CT molecular complexity index is 3900. The maximum atomic E-state index is 2.92. The highest BCUT2D eigenvalue weighted by atomic mass is 15.3. The van der Waals surface area contributed by atoms with Crippen molar-refractivity contribution in [2.75, 3.05) is 14.7 Å². The Kier molecular flexibility index (Phi) is 11.7. The van der Waals surface area contributed by atoms with Gasteiger partial charge in [-0.2, -0.15) is 0 Å². The van der Waals surface area contributed by atoms with Crippen LogP contribution in [0.5, 0.6) is 0 Å². The Hall–Kier alpha value is -5.22. The van der Waals surface area contributed by atoms with Gasteiger partial charge < -0.3 is 14.7 Å². The number of aryl methyl sites for hydroxylation is 2. The highest BCUT2D eigenvalue weighted by Gasteiger charge is 2.59. The highest BCUT2D eigenvalue weighted by Crippen LogP contribution is 2.64. The summed E-state index contributed by atoms with van der Waals surface area (Å²) in [7, 11) is 0. The van der Waals surface area contributed by atoms with Gasteiger partial charge in [-0.25, -0.2) is 0 Å². The van der Waals surface area contributed by atoms with E-state index in [4.69, 9.17) is 0 Å². The van der Waals surface area contributed by atoms with Gasteiger partial charge in [0.25, 0.3) is 6.71 Å². The van der Waals surface area contributed by atoms with E-state index >= 15 is 0 Å². The van der Waals surface area contributed by atoms with Gasteiger partial charge in [0.1, 0.15) is 0 Å². The van der Waals surface area contributed by atoms with Gasteiger partial charge in [-0.15, -0.1) is 0 Å². The van der Waals surface area contributed by atoms with E-state index in [-0.39, 0.29) is 66.4 Å². The molecule has 0 saturated heterocycles.